The van der Waals surface area contributed by atoms with Gasteiger partial charge in [-0.3, -0.25) is 9.59 Å². The van der Waals surface area contributed by atoms with Crippen LogP contribution in [0.3, 0.4) is 0 Å². The van der Waals surface area contributed by atoms with Gasteiger partial charge in [0, 0.05) is 11.1 Å². The zero-order chi connectivity index (χ0) is 24.6. The standard InChI is InChI=1S/C32H26O2S/c1-23-13-17-27(18-14-23)31(33)29(21-25-9-5-3-6-10-25)35-30(22-26-11-7-4-8-12-26)32(34)28-19-15-24(2)16-20-28/h3-22H,1-2H3/b29-21-,30-22+. The summed E-state index contributed by atoms with van der Waals surface area (Å²) in [5.74, 6) is -0.232. The first-order valence-electron chi connectivity index (χ1n) is 11.4. The van der Waals surface area contributed by atoms with Crippen LogP contribution in [0.5, 0.6) is 0 Å². The monoisotopic (exact) mass is 474 g/mol. The molecular formula is C32H26O2S. The molecule has 0 aliphatic heterocycles. The van der Waals surface area contributed by atoms with Gasteiger partial charge >= 0.3 is 0 Å². The molecule has 172 valence electrons. The third kappa shape index (κ3) is 6.56. The topological polar surface area (TPSA) is 34.1 Å². The molecule has 0 saturated heterocycles. The van der Waals surface area contributed by atoms with Gasteiger partial charge in [0.05, 0.1) is 9.81 Å². The number of rotatable bonds is 8. The summed E-state index contributed by atoms with van der Waals surface area (Å²) in [5, 5.41) is 0. The van der Waals surface area contributed by atoms with Crippen molar-refractivity contribution in [2.75, 3.05) is 0 Å². The molecule has 0 bridgehead atoms. The van der Waals surface area contributed by atoms with Crippen LogP contribution in [-0.2, 0) is 0 Å². The van der Waals surface area contributed by atoms with Gasteiger partial charge in [0.2, 0.25) is 0 Å². The van der Waals surface area contributed by atoms with Gasteiger partial charge in [0.1, 0.15) is 0 Å². The minimum absolute atomic E-state index is 0.116. The number of aryl methyl sites for hydroxylation is 2. The molecule has 35 heavy (non-hydrogen) atoms. The van der Waals surface area contributed by atoms with Gasteiger partial charge in [-0.25, -0.2) is 0 Å². The van der Waals surface area contributed by atoms with Crippen LogP contribution < -0.4 is 0 Å². The normalized spacial score (nSPS) is 11.8. The second kappa shape index (κ2) is 11.5. The molecule has 0 fully saturated rings. The second-order valence-corrected chi connectivity index (χ2v) is 9.41. The number of hydrogen-bond acceptors (Lipinski definition) is 3. The van der Waals surface area contributed by atoms with Crippen LogP contribution in [0.4, 0.5) is 0 Å². The van der Waals surface area contributed by atoms with Gasteiger partial charge in [-0.1, -0.05) is 132 Å². The summed E-state index contributed by atoms with van der Waals surface area (Å²) < 4.78 is 0. The molecule has 0 saturated carbocycles. The van der Waals surface area contributed by atoms with E-state index in [2.05, 4.69) is 0 Å². The number of carbonyl (C=O) groups excluding carboxylic acids is 2. The minimum Gasteiger partial charge on any atom is -0.288 e. The lowest BCUT2D eigenvalue weighted by molar-refractivity contribution is 0.103. The fraction of sp³-hybridized carbons (Fsp3) is 0.0625. The summed E-state index contributed by atoms with van der Waals surface area (Å²) in [5.41, 5.74) is 5.15. The molecule has 4 aromatic carbocycles. The molecule has 0 aliphatic carbocycles. The summed E-state index contributed by atoms with van der Waals surface area (Å²) in [7, 11) is 0. The Morgan fingerprint density at radius 1 is 0.514 bits per heavy atom. The minimum atomic E-state index is -0.116. The van der Waals surface area contributed by atoms with Crippen molar-refractivity contribution in [1.29, 1.82) is 0 Å². The van der Waals surface area contributed by atoms with Crippen molar-refractivity contribution in [2.24, 2.45) is 0 Å². The largest absolute Gasteiger partial charge is 0.288 e. The van der Waals surface area contributed by atoms with Crippen molar-refractivity contribution < 1.29 is 9.59 Å². The fourth-order valence-electron chi connectivity index (χ4n) is 3.50. The van der Waals surface area contributed by atoms with E-state index in [-0.39, 0.29) is 11.6 Å². The summed E-state index contributed by atoms with van der Waals surface area (Å²) in [6, 6.07) is 34.4. The molecular weight excluding hydrogens is 448 g/mol. The van der Waals surface area contributed by atoms with Gasteiger partial charge in [-0.05, 0) is 37.1 Å². The Balaban J connectivity index is 1.78. The Hall–Kier alpha value is -3.95. The molecule has 2 nitrogen and oxygen atoms in total. The lowest BCUT2D eigenvalue weighted by atomic mass is 10.1. The molecule has 0 aromatic heterocycles. The van der Waals surface area contributed by atoms with Gasteiger partial charge < -0.3 is 0 Å². The van der Waals surface area contributed by atoms with E-state index < -0.39 is 0 Å². The Morgan fingerprint density at radius 3 is 1.20 bits per heavy atom. The molecule has 0 aliphatic rings. The smallest absolute Gasteiger partial charge is 0.199 e. The average Bonchev–Trinajstić information content (AvgIpc) is 2.89. The highest BCUT2D eigenvalue weighted by molar-refractivity contribution is 8.08. The van der Waals surface area contributed by atoms with Crippen LogP contribution in [0.25, 0.3) is 12.2 Å². The van der Waals surface area contributed by atoms with E-state index in [1.807, 2.05) is 135 Å². The van der Waals surface area contributed by atoms with E-state index >= 15 is 0 Å². The predicted molar refractivity (Wildman–Crippen MR) is 147 cm³/mol. The van der Waals surface area contributed by atoms with Crippen molar-refractivity contribution in [3.05, 3.63) is 152 Å². The average molecular weight is 475 g/mol. The highest BCUT2D eigenvalue weighted by atomic mass is 32.2. The van der Waals surface area contributed by atoms with E-state index in [1.54, 1.807) is 0 Å². The number of thioether (sulfide) groups is 1. The SMILES string of the molecule is Cc1ccc(C(=O)/C(=C/c2ccccc2)S/C(=C/c2ccccc2)C(=O)c2ccc(C)cc2)cc1. The predicted octanol–water partition coefficient (Wildman–Crippen LogP) is 8.18. The van der Waals surface area contributed by atoms with Crippen molar-refractivity contribution in [1.82, 2.24) is 0 Å². The first-order chi connectivity index (χ1) is 17.0. The molecule has 4 rings (SSSR count). The van der Waals surface area contributed by atoms with E-state index in [0.29, 0.717) is 20.9 Å². The van der Waals surface area contributed by atoms with Crippen molar-refractivity contribution in [2.45, 2.75) is 13.8 Å². The molecule has 0 spiro atoms. The summed E-state index contributed by atoms with van der Waals surface area (Å²) in [4.78, 5) is 28.2. The second-order valence-electron chi connectivity index (χ2n) is 8.33. The maximum atomic E-state index is 13.6. The van der Waals surface area contributed by atoms with Crippen LogP contribution in [0.15, 0.2) is 119 Å². The first kappa shape index (κ1) is 24.2. The van der Waals surface area contributed by atoms with Gasteiger partial charge in [-0.15, -0.1) is 0 Å². The van der Waals surface area contributed by atoms with Gasteiger partial charge in [0.25, 0.3) is 0 Å². The molecule has 0 N–H and O–H groups in total. The quantitative estimate of drug-likeness (QED) is 0.191. The summed E-state index contributed by atoms with van der Waals surface area (Å²) in [6.45, 7) is 3.98. The number of carbonyl (C=O) groups is 2. The third-order valence-corrected chi connectivity index (χ3v) is 6.54. The highest BCUT2D eigenvalue weighted by Crippen LogP contribution is 2.34. The number of benzene rings is 4. The van der Waals surface area contributed by atoms with E-state index in [4.69, 9.17) is 0 Å². The van der Waals surface area contributed by atoms with Crippen LogP contribution >= 0.6 is 11.8 Å². The summed E-state index contributed by atoms with van der Waals surface area (Å²) >= 11 is 1.22. The van der Waals surface area contributed by atoms with Gasteiger partial charge in [0.15, 0.2) is 11.6 Å². The molecule has 3 heteroatoms. The lowest BCUT2D eigenvalue weighted by Crippen LogP contribution is -2.06. The number of ketones is 2. The maximum Gasteiger partial charge on any atom is 0.199 e. The summed E-state index contributed by atoms with van der Waals surface area (Å²) in [6.07, 6.45) is 3.71. The fourth-order valence-corrected chi connectivity index (χ4v) is 4.54. The molecule has 0 unspecified atom stereocenters. The zero-order valence-electron chi connectivity index (χ0n) is 19.8. The number of hydrogen-bond donors (Lipinski definition) is 0. The van der Waals surface area contributed by atoms with E-state index in [0.717, 1.165) is 22.3 Å². The third-order valence-electron chi connectivity index (χ3n) is 5.49. The first-order valence-corrected chi connectivity index (χ1v) is 12.3. The van der Waals surface area contributed by atoms with Crippen LogP contribution in [0, 0.1) is 13.8 Å². The van der Waals surface area contributed by atoms with Crippen molar-refractivity contribution in [3.8, 4) is 0 Å². The Morgan fingerprint density at radius 2 is 0.857 bits per heavy atom. The van der Waals surface area contributed by atoms with Crippen LogP contribution in [0.2, 0.25) is 0 Å². The molecule has 0 amide bonds. The maximum absolute atomic E-state index is 13.6. The lowest BCUT2D eigenvalue weighted by Gasteiger charge is -2.11. The van der Waals surface area contributed by atoms with Crippen LogP contribution in [0.1, 0.15) is 43.0 Å². The van der Waals surface area contributed by atoms with Crippen LogP contribution in [-0.4, -0.2) is 11.6 Å². The van der Waals surface area contributed by atoms with E-state index in [9.17, 15) is 9.59 Å². The zero-order valence-corrected chi connectivity index (χ0v) is 20.6. The Bertz CT molecular complexity index is 1260. The Kier molecular flexibility index (Phi) is 7.92. The molecule has 0 atom stereocenters. The van der Waals surface area contributed by atoms with Gasteiger partial charge in [-0.2, -0.15) is 0 Å². The highest BCUT2D eigenvalue weighted by Gasteiger charge is 2.20. The Labute approximate surface area is 211 Å². The number of Topliss-reactive ketones (excluding diaryl/α,β-unsaturated/α-hetero) is 2. The number of allylic oxidation sites excluding steroid dienone is 2. The molecule has 4 aromatic rings. The molecule has 0 radical (unpaired) electrons. The van der Waals surface area contributed by atoms with Crippen molar-refractivity contribution >= 4 is 35.5 Å². The molecule has 0 heterocycles. The van der Waals surface area contributed by atoms with E-state index in [1.165, 1.54) is 11.8 Å². The van der Waals surface area contributed by atoms with Crippen molar-refractivity contribution in [3.63, 3.8) is 0 Å².